The Hall–Kier alpha value is -3.82. The lowest BCUT2D eigenvalue weighted by atomic mass is 10.2. The minimum absolute atomic E-state index is 0.217. The summed E-state index contributed by atoms with van der Waals surface area (Å²) in [6.07, 6.45) is 2.18. The quantitative estimate of drug-likeness (QED) is 0.464. The molecule has 0 fully saturated rings. The largest absolute Gasteiger partial charge is 0.354 e. The number of carbonyl (C=O) groups excluding carboxylic acids is 1. The summed E-state index contributed by atoms with van der Waals surface area (Å²) < 4.78 is 3.86. The molecule has 10 heteroatoms. The number of carbonyl (C=O) groups is 1. The van der Waals surface area contributed by atoms with Crippen molar-refractivity contribution in [1.29, 1.82) is 0 Å². The predicted molar refractivity (Wildman–Crippen MR) is 101 cm³/mol. The molecule has 0 aliphatic heterocycles. The van der Waals surface area contributed by atoms with E-state index in [0.29, 0.717) is 36.1 Å². The van der Waals surface area contributed by atoms with E-state index in [1.54, 1.807) is 42.6 Å². The normalized spacial score (nSPS) is 11.1. The maximum Gasteiger partial charge on any atom is 0.350 e. The van der Waals surface area contributed by atoms with Crippen LogP contribution in [-0.4, -0.2) is 41.6 Å². The summed E-state index contributed by atoms with van der Waals surface area (Å²) in [7, 11) is 0. The summed E-state index contributed by atoms with van der Waals surface area (Å²) in [6.45, 7) is 0.496. The minimum Gasteiger partial charge on any atom is -0.354 e. The second-order valence-electron chi connectivity index (χ2n) is 6.21. The molecule has 3 heterocycles. The van der Waals surface area contributed by atoms with Crippen LogP contribution in [0.4, 0.5) is 0 Å². The zero-order valence-corrected chi connectivity index (χ0v) is 14.9. The van der Waals surface area contributed by atoms with Gasteiger partial charge in [-0.25, -0.2) is 14.2 Å². The molecule has 0 atom stereocenters. The van der Waals surface area contributed by atoms with Gasteiger partial charge in [0.25, 0.3) is 5.56 Å². The van der Waals surface area contributed by atoms with E-state index in [1.165, 1.54) is 9.08 Å². The highest BCUT2D eigenvalue weighted by Gasteiger charge is 2.10. The fraction of sp³-hybridized carbons (Fsp3) is 0.222. The first-order valence-electron chi connectivity index (χ1n) is 8.77. The number of aryl methyl sites for hydroxylation is 1. The van der Waals surface area contributed by atoms with Crippen molar-refractivity contribution >= 4 is 22.5 Å². The summed E-state index contributed by atoms with van der Waals surface area (Å²) in [5.74, 6) is -0.353. The van der Waals surface area contributed by atoms with Crippen LogP contribution in [0, 0.1) is 0 Å². The maximum absolute atomic E-state index is 12.3. The van der Waals surface area contributed by atoms with Crippen molar-refractivity contribution in [1.82, 2.24) is 34.5 Å². The van der Waals surface area contributed by atoms with Crippen LogP contribution in [0.25, 0.3) is 16.6 Å². The van der Waals surface area contributed by atoms with Gasteiger partial charge in [0.15, 0.2) is 5.65 Å². The standard InChI is InChI=1S/C18H17N7O3/c26-16(12-25-17(27)13-6-1-2-7-14(13)20-22-25)19-9-5-11-24-18(28)23-10-4-3-8-15(23)21-24/h1-4,6-8,10H,5,9,11-12H2,(H,19,26). The van der Waals surface area contributed by atoms with Crippen molar-refractivity contribution in [2.24, 2.45) is 0 Å². The van der Waals surface area contributed by atoms with Gasteiger partial charge in [-0.1, -0.05) is 23.4 Å². The third-order valence-electron chi connectivity index (χ3n) is 4.28. The summed E-state index contributed by atoms with van der Waals surface area (Å²) in [6, 6.07) is 12.2. The molecule has 1 amide bonds. The van der Waals surface area contributed by atoms with Crippen molar-refractivity contribution in [3.8, 4) is 0 Å². The molecule has 3 aromatic heterocycles. The van der Waals surface area contributed by atoms with Gasteiger partial charge in [-0.15, -0.1) is 10.2 Å². The van der Waals surface area contributed by atoms with E-state index in [1.807, 2.05) is 6.07 Å². The van der Waals surface area contributed by atoms with Crippen LogP contribution >= 0.6 is 0 Å². The molecule has 0 aliphatic rings. The van der Waals surface area contributed by atoms with Crippen LogP contribution in [0.2, 0.25) is 0 Å². The van der Waals surface area contributed by atoms with Gasteiger partial charge in [0.1, 0.15) is 12.1 Å². The average molecular weight is 379 g/mol. The van der Waals surface area contributed by atoms with E-state index in [-0.39, 0.29) is 23.7 Å². The summed E-state index contributed by atoms with van der Waals surface area (Å²) >= 11 is 0. The number of nitrogens with one attached hydrogen (secondary N) is 1. The fourth-order valence-corrected chi connectivity index (χ4v) is 2.89. The molecular formula is C18H17N7O3. The molecule has 0 aliphatic carbocycles. The number of pyridine rings is 1. The molecule has 4 rings (SSSR count). The first-order valence-corrected chi connectivity index (χ1v) is 8.77. The van der Waals surface area contributed by atoms with Crippen LogP contribution in [0.5, 0.6) is 0 Å². The lowest BCUT2D eigenvalue weighted by Crippen LogP contribution is -2.35. The SMILES string of the molecule is O=C(Cn1nnc2ccccc2c1=O)NCCCn1nc2ccccn2c1=O. The van der Waals surface area contributed by atoms with Gasteiger partial charge in [0, 0.05) is 19.3 Å². The lowest BCUT2D eigenvalue weighted by Gasteiger charge is -2.06. The number of fused-ring (bicyclic) bond motifs is 2. The molecule has 0 radical (unpaired) electrons. The number of nitrogens with zero attached hydrogens (tertiary/aromatic N) is 6. The van der Waals surface area contributed by atoms with Gasteiger partial charge >= 0.3 is 5.69 Å². The Labute approximate surface area is 158 Å². The van der Waals surface area contributed by atoms with E-state index in [9.17, 15) is 14.4 Å². The Kier molecular flexibility index (Phi) is 4.67. The van der Waals surface area contributed by atoms with Crippen LogP contribution in [-0.2, 0) is 17.9 Å². The van der Waals surface area contributed by atoms with Gasteiger partial charge in [-0.2, -0.15) is 0 Å². The van der Waals surface area contributed by atoms with E-state index in [0.717, 1.165) is 4.68 Å². The topological polar surface area (TPSA) is 116 Å². The predicted octanol–water partition coefficient (Wildman–Crippen LogP) is -0.193. The van der Waals surface area contributed by atoms with Crippen molar-refractivity contribution in [3.05, 3.63) is 69.5 Å². The third kappa shape index (κ3) is 3.39. The molecule has 142 valence electrons. The number of hydrogen-bond donors (Lipinski definition) is 1. The second kappa shape index (κ2) is 7.43. The smallest absolute Gasteiger partial charge is 0.350 e. The number of hydrogen-bond acceptors (Lipinski definition) is 6. The molecule has 4 aromatic rings. The molecule has 0 unspecified atom stereocenters. The monoisotopic (exact) mass is 379 g/mol. The Bertz CT molecular complexity index is 1270. The van der Waals surface area contributed by atoms with Gasteiger partial charge in [-0.3, -0.25) is 14.0 Å². The molecule has 10 nitrogen and oxygen atoms in total. The summed E-state index contributed by atoms with van der Waals surface area (Å²) in [5, 5.41) is 15.1. The Balaban J connectivity index is 1.34. The minimum atomic E-state index is -0.364. The Morgan fingerprint density at radius 2 is 1.86 bits per heavy atom. The summed E-state index contributed by atoms with van der Waals surface area (Å²) in [4.78, 5) is 36.6. The van der Waals surface area contributed by atoms with Crippen LogP contribution < -0.4 is 16.6 Å². The van der Waals surface area contributed by atoms with E-state index >= 15 is 0 Å². The highest BCUT2D eigenvalue weighted by molar-refractivity contribution is 5.78. The third-order valence-corrected chi connectivity index (χ3v) is 4.28. The molecular weight excluding hydrogens is 362 g/mol. The van der Waals surface area contributed by atoms with E-state index in [2.05, 4.69) is 20.7 Å². The van der Waals surface area contributed by atoms with Crippen molar-refractivity contribution < 1.29 is 4.79 Å². The first kappa shape index (κ1) is 17.6. The lowest BCUT2D eigenvalue weighted by molar-refractivity contribution is -0.121. The molecule has 0 spiro atoms. The van der Waals surface area contributed by atoms with Gasteiger partial charge < -0.3 is 5.32 Å². The second-order valence-corrected chi connectivity index (χ2v) is 6.21. The zero-order chi connectivity index (χ0) is 19.5. The number of aromatic nitrogens is 6. The van der Waals surface area contributed by atoms with Crippen LogP contribution in [0.3, 0.4) is 0 Å². The van der Waals surface area contributed by atoms with Crippen LogP contribution in [0.15, 0.2) is 58.3 Å². The van der Waals surface area contributed by atoms with E-state index < -0.39 is 0 Å². The Morgan fingerprint density at radius 1 is 1.04 bits per heavy atom. The highest BCUT2D eigenvalue weighted by Crippen LogP contribution is 2.03. The number of rotatable bonds is 6. The number of amides is 1. The average Bonchev–Trinajstić information content (AvgIpc) is 3.04. The summed E-state index contributed by atoms with van der Waals surface area (Å²) in [5.41, 5.74) is 0.477. The molecule has 0 bridgehead atoms. The maximum atomic E-state index is 12.3. The van der Waals surface area contributed by atoms with E-state index in [4.69, 9.17) is 0 Å². The Morgan fingerprint density at radius 3 is 2.71 bits per heavy atom. The molecule has 1 aromatic carbocycles. The van der Waals surface area contributed by atoms with Crippen molar-refractivity contribution in [3.63, 3.8) is 0 Å². The molecule has 1 N–H and O–H groups in total. The molecule has 0 saturated carbocycles. The van der Waals surface area contributed by atoms with Crippen molar-refractivity contribution in [2.75, 3.05) is 6.54 Å². The fourth-order valence-electron chi connectivity index (χ4n) is 2.89. The molecule has 28 heavy (non-hydrogen) atoms. The van der Waals surface area contributed by atoms with Gasteiger partial charge in [0.05, 0.1) is 5.39 Å². The van der Waals surface area contributed by atoms with Gasteiger partial charge in [-0.05, 0) is 30.7 Å². The zero-order valence-electron chi connectivity index (χ0n) is 14.9. The van der Waals surface area contributed by atoms with Gasteiger partial charge in [0.2, 0.25) is 5.91 Å². The first-order chi connectivity index (χ1) is 13.6. The molecule has 0 saturated heterocycles. The highest BCUT2D eigenvalue weighted by atomic mass is 16.2. The van der Waals surface area contributed by atoms with Crippen LogP contribution in [0.1, 0.15) is 6.42 Å². The number of benzene rings is 1. The van der Waals surface area contributed by atoms with Crippen molar-refractivity contribution in [2.45, 2.75) is 19.5 Å².